The number of carbonyl (C=O) groups excluding carboxylic acids is 1. The highest BCUT2D eigenvalue weighted by Crippen LogP contribution is 2.42. The van der Waals surface area contributed by atoms with Gasteiger partial charge in [0, 0.05) is 6.20 Å². The summed E-state index contributed by atoms with van der Waals surface area (Å²) in [5.41, 5.74) is 7.57. The summed E-state index contributed by atoms with van der Waals surface area (Å²) in [6.07, 6.45) is 7.17. The van der Waals surface area contributed by atoms with Crippen molar-refractivity contribution in [1.29, 1.82) is 0 Å². The molecule has 9 nitrogen and oxygen atoms in total. The molecule has 1 aliphatic carbocycles. The molecule has 0 saturated heterocycles. The van der Waals surface area contributed by atoms with Crippen molar-refractivity contribution in [2.45, 2.75) is 25.2 Å². The summed E-state index contributed by atoms with van der Waals surface area (Å²) in [5, 5.41) is 7.41. The average Bonchev–Trinajstić information content (AvgIpc) is 3.05. The molecule has 30 heavy (non-hydrogen) atoms. The van der Waals surface area contributed by atoms with Crippen LogP contribution in [0.2, 0.25) is 0 Å². The van der Waals surface area contributed by atoms with E-state index in [2.05, 4.69) is 20.1 Å². The fourth-order valence-corrected chi connectivity index (χ4v) is 4.07. The lowest BCUT2D eigenvalue weighted by atomic mass is 9.79. The molecule has 1 aromatic carbocycles. The Labute approximate surface area is 174 Å². The van der Waals surface area contributed by atoms with Gasteiger partial charge in [-0.1, -0.05) is 24.6 Å². The van der Waals surface area contributed by atoms with Gasteiger partial charge >= 0.3 is 0 Å². The van der Waals surface area contributed by atoms with Crippen LogP contribution in [0.15, 0.2) is 48.8 Å². The zero-order valence-electron chi connectivity index (χ0n) is 16.4. The zero-order valence-corrected chi connectivity index (χ0v) is 17.2. The van der Waals surface area contributed by atoms with Crippen LogP contribution in [0.25, 0.3) is 5.69 Å². The van der Waals surface area contributed by atoms with Gasteiger partial charge in [0.25, 0.3) is 5.91 Å². The van der Waals surface area contributed by atoms with E-state index in [4.69, 9.17) is 5.73 Å². The van der Waals surface area contributed by atoms with Crippen molar-refractivity contribution in [3.63, 3.8) is 0 Å². The Morgan fingerprint density at radius 1 is 1.20 bits per heavy atom. The number of benzene rings is 1. The van der Waals surface area contributed by atoms with E-state index >= 15 is 0 Å². The molecule has 0 atom stereocenters. The second-order valence-electron chi connectivity index (χ2n) is 7.27. The van der Waals surface area contributed by atoms with Crippen LogP contribution in [0.3, 0.4) is 0 Å². The minimum absolute atomic E-state index is 0.167. The quantitative estimate of drug-likeness (QED) is 0.532. The Morgan fingerprint density at radius 3 is 2.60 bits per heavy atom. The molecule has 2 heterocycles. The van der Waals surface area contributed by atoms with Crippen LogP contribution in [-0.4, -0.2) is 35.3 Å². The number of hydrogen-bond acceptors (Lipinski definition) is 6. The number of sulfonamides is 1. The fraction of sp³-hybridized carbons (Fsp3) is 0.250. The lowest BCUT2D eigenvalue weighted by Gasteiger charge is -2.29. The van der Waals surface area contributed by atoms with Gasteiger partial charge in [0.05, 0.1) is 23.8 Å². The molecule has 0 bridgehead atoms. The number of nitrogens with zero attached hydrogens (tertiary/aromatic N) is 3. The molecule has 156 valence electrons. The van der Waals surface area contributed by atoms with E-state index in [0.717, 1.165) is 31.1 Å². The highest BCUT2D eigenvalue weighted by atomic mass is 32.2. The Bertz CT molecular complexity index is 1190. The lowest BCUT2D eigenvalue weighted by Crippen LogP contribution is -2.19. The molecule has 0 radical (unpaired) electrons. The molecule has 3 aromatic rings. The first kappa shape index (κ1) is 19.9. The minimum Gasteiger partial charge on any atom is -0.365 e. The number of aromatic nitrogens is 3. The van der Waals surface area contributed by atoms with Crippen molar-refractivity contribution in [2.75, 3.05) is 16.3 Å². The van der Waals surface area contributed by atoms with Crippen molar-refractivity contribution in [1.82, 2.24) is 14.8 Å². The molecule has 1 saturated carbocycles. The van der Waals surface area contributed by atoms with Gasteiger partial charge in [-0.25, -0.2) is 18.1 Å². The van der Waals surface area contributed by atoms with Gasteiger partial charge in [-0.05, 0) is 42.5 Å². The van der Waals surface area contributed by atoms with Gasteiger partial charge in [0.1, 0.15) is 17.2 Å². The van der Waals surface area contributed by atoms with Gasteiger partial charge in [0.2, 0.25) is 10.0 Å². The van der Waals surface area contributed by atoms with Crippen LogP contribution >= 0.6 is 0 Å². The van der Waals surface area contributed by atoms with Gasteiger partial charge in [-0.15, -0.1) is 0 Å². The summed E-state index contributed by atoms with van der Waals surface area (Å²) >= 11 is 0. The Balaban J connectivity index is 1.89. The number of amides is 1. The van der Waals surface area contributed by atoms with E-state index in [1.807, 2.05) is 12.1 Å². The molecule has 10 heteroatoms. The maximum Gasteiger partial charge on any atom is 0.254 e. The number of nitrogens with one attached hydrogen (secondary N) is 2. The Hall–Kier alpha value is -3.40. The summed E-state index contributed by atoms with van der Waals surface area (Å²) in [5.74, 6) is 0.415. The number of hydrogen-bond donors (Lipinski definition) is 3. The van der Waals surface area contributed by atoms with Crippen LogP contribution in [-0.2, 0) is 10.0 Å². The van der Waals surface area contributed by atoms with Gasteiger partial charge in [-0.2, -0.15) is 5.10 Å². The first-order valence-electron chi connectivity index (χ1n) is 9.50. The third-order valence-corrected chi connectivity index (χ3v) is 5.66. The van der Waals surface area contributed by atoms with Crippen LogP contribution in [0.5, 0.6) is 0 Å². The molecule has 1 amide bonds. The molecule has 0 aliphatic heterocycles. The predicted molar refractivity (Wildman–Crippen MR) is 115 cm³/mol. The van der Waals surface area contributed by atoms with Crippen molar-refractivity contribution in [3.05, 3.63) is 59.9 Å². The third-order valence-electron chi connectivity index (χ3n) is 5.08. The first-order valence-corrected chi connectivity index (χ1v) is 11.4. The molecular weight excluding hydrogens is 404 g/mol. The fourth-order valence-electron chi connectivity index (χ4n) is 3.48. The topological polar surface area (TPSA) is 132 Å². The molecule has 0 unspecified atom stereocenters. The average molecular weight is 427 g/mol. The van der Waals surface area contributed by atoms with Crippen LogP contribution in [0.1, 0.15) is 41.1 Å². The van der Waals surface area contributed by atoms with Crippen molar-refractivity contribution < 1.29 is 13.2 Å². The van der Waals surface area contributed by atoms with E-state index in [9.17, 15) is 13.2 Å². The summed E-state index contributed by atoms with van der Waals surface area (Å²) in [6, 6.07) is 10.8. The van der Waals surface area contributed by atoms with E-state index in [1.165, 1.54) is 10.9 Å². The number of anilines is 3. The van der Waals surface area contributed by atoms with E-state index < -0.39 is 15.9 Å². The molecular formula is C20H22N6O3S. The van der Waals surface area contributed by atoms with Gasteiger partial charge in [-0.3, -0.25) is 9.52 Å². The van der Waals surface area contributed by atoms with Crippen molar-refractivity contribution >= 4 is 33.3 Å². The maximum atomic E-state index is 12.1. The summed E-state index contributed by atoms with van der Waals surface area (Å²) in [6.45, 7) is 0. The van der Waals surface area contributed by atoms with E-state index in [1.54, 1.807) is 30.5 Å². The zero-order chi connectivity index (χ0) is 21.3. The second-order valence-corrected chi connectivity index (χ2v) is 9.01. The summed E-state index contributed by atoms with van der Waals surface area (Å²) in [7, 11) is -3.54. The van der Waals surface area contributed by atoms with E-state index in [0.29, 0.717) is 23.0 Å². The smallest absolute Gasteiger partial charge is 0.254 e. The number of para-hydroxylation sites is 1. The molecule has 1 fully saturated rings. The molecule has 1 aliphatic rings. The van der Waals surface area contributed by atoms with Crippen LogP contribution in [0.4, 0.5) is 17.3 Å². The van der Waals surface area contributed by atoms with E-state index in [-0.39, 0.29) is 11.5 Å². The monoisotopic (exact) mass is 426 g/mol. The highest BCUT2D eigenvalue weighted by Gasteiger charge is 2.27. The SMILES string of the molecule is CS(=O)(=O)Nc1c(C2CCC2)cccc1-n1ncc(C(N)=O)c1Nc1ccccn1. The van der Waals surface area contributed by atoms with Crippen molar-refractivity contribution in [3.8, 4) is 5.69 Å². The lowest BCUT2D eigenvalue weighted by molar-refractivity contribution is 0.100. The number of rotatable bonds is 7. The first-order chi connectivity index (χ1) is 14.3. The van der Waals surface area contributed by atoms with Crippen LogP contribution in [0, 0.1) is 0 Å². The standard InChI is InChI=1S/C20H22N6O3S/c1-30(28,29)25-18-14(13-6-4-7-13)8-5-9-16(18)26-20(15(12-23-26)19(21)27)24-17-10-2-3-11-22-17/h2-3,5,8-13,25H,4,6-7H2,1H3,(H2,21,27)(H,22,24). The minimum atomic E-state index is -3.54. The third kappa shape index (κ3) is 3.99. The molecule has 0 spiro atoms. The van der Waals surface area contributed by atoms with Gasteiger partial charge in [0.15, 0.2) is 0 Å². The van der Waals surface area contributed by atoms with Crippen LogP contribution < -0.4 is 15.8 Å². The maximum absolute atomic E-state index is 12.1. The summed E-state index contributed by atoms with van der Waals surface area (Å²) < 4.78 is 28.4. The second kappa shape index (κ2) is 7.79. The number of carbonyl (C=O) groups is 1. The Kier molecular flexibility index (Phi) is 5.17. The summed E-state index contributed by atoms with van der Waals surface area (Å²) in [4.78, 5) is 16.2. The predicted octanol–water partition coefficient (Wildman–Crippen LogP) is 2.75. The molecule has 2 aromatic heterocycles. The molecule has 4 N–H and O–H groups in total. The van der Waals surface area contributed by atoms with Gasteiger partial charge < -0.3 is 11.1 Å². The number of primary amides is 1. The Morgan fingerprint density at radius 2 is 2.00 bits per heavy atom. The largest absolute Gasteiger partial charge is 0.365 e. The highest BCUT2D eigenvalue weighted by molar-refractivity contribution is 7.92. The normalized spacial score (nSPS) is 14.2. The number of pyridine rings is 1. The van der Waals surface area contributed by atoms with Crippen molar-refractivity contribution in [2.24, 2.45) is 5.73 Å². The number of nitrogens with two attached hydrogens (primary N) is 1. The molecule has 4 rings (SSSR count).